The van der Waals surface area contributed by atoms with Gasteiger partial charge in [0.2, 0.25) is 5.91 Å². The number of imidazole rings is 1. The summed E-state index contributed by atoms with van der Waals surface area (Å²) in [7, 11) is 0. The van der Waals surface area contributed by atoms with Crippen LogP contribution in [0.1, 0.15) is 33.1 Å². The topological polar surface area (TPSA) is 50.2 Å². The van der Waals surface area contributed by atoms with Gasteiger partial charge in [0.15, 0.2) is 0 Å². The van der Waals surface area contributed by atoms with Crippen molar-refractivity contribution in [3.63, 3.8) is 0 Å². The molecule has 1 aromatic heterocycles. The van der Waals surface area contributed by atoms with Crippen molar-refractivity contribution >= 4 is 5.91 Å². The second-order valence-electron chi connectivity index (χ2n) is 6.04. The van der Waals surface area contributed by atoms with Gasteiger partial charge in [0.1, 0.15) is 0 Å². The highest BCUT2D eigenvalue weighted by molar-refractivity contribution is 5.76. The first-order valence-corrected chi connectivity index (χ1v) is 7.62. The Morgan fingerprint density at radius 2 is 2.40 bits per heavy atom. The summed E-state index contributed by atoms with van der Waals surface area (Å²) in [6, 6.07) is 0.478. The standard InChI is InChI=1S/C15H26N4O/c1-13(2)10-19(11-14-4-3-6-17-14)15(20)5-8-18-9-7-16-12-18/h7,9,12-14,17H,3-6,8,10-11H2,1-2H3. The highest BCUT2D eigenvalue weighted by Crippen LogP contribution is 2.10. The maximum absolute atomic E-state index is 12.4. The zero-order chi connectivity index (χ0) is 14.4. The van der Waals surface area contributed by atoms with E-state index in [9.17, 15) is 4.79 Å². The van der Waals surface area contributed by atoms with Gasteiger partial charge in [0.25, 0.3) is 0 Å². The van der Waals surface area contributed by atoms with Crippen molar-refractivity contribution in [1.29, 1.82) is 0 Å². The SMILES string of the molecule is CC(C)CN(CC1CCCN1)C(=O)CCn1ccnc1. The van der Waals surface area contributed by atoms with Crippen molar-refractivity contribution < 1.29 is 4.79 Å². The molecular formula is C15H26N4O. The molecule has 0 aromatic carbocycles. The van der Waals surface area contributed by atoms with Crippen molar-refractivity contribution in [2.45, 2.75) is 45.7 Å². The molecule has 1 aliphatic heterocycles. The van der Waals surface area contributed by atoms with Crippen molar-refractivity contribution in [3.05, 3.63) is 18.7 Å². The average molecular weight is 278 g/mol. The van der Waals surface area contributed by atoms with Gasteiger partial charge in [0, 0.05) is 44.5 Å². The number of nitrogens with one attached hydrogen (secondary N) is 1. The highest BCUT2D eigenvalue weighted by Gasteiger charge is 2.21. The van der Waals surface area contributed by atoms with Crippen LogP contribution in [0.4, 0.5) is 0 Å². The lowest BCUT2D eigenvalue weighted by molar-refractivity contribution is -0.132. The fraction of sp³-hybridized carbons (Fsp3) is 0.733. The Kier molecular flexibility index (Phi) is 5.59. The number of carbonyl (C=O) groups excluding carboxylic acids is 1. The van der Waals surface area contributed by atoms with Crippen LogP contribution in [-0.4, -0.2) is 46.0 Å². The highest BCUT2D eigenvalue weighted by atomic mass is 16.2. The van der Waals surface area contributed by atoms with Gasteiger partial charge in [-0.3, -0.25) is 4.79 Å². The second-order valence-corrected chi connectivity index (χ2v) is 6.04. The minimum atomic E-state index is 0.251. The fourth-order valence-corrected chi connectivity index (χ4v) is 2.70. The van der Waals surface area contributed by atoms with Crippen molar-refractivity contribution in [1.82, 2.24) is 19.8 Å². The van der Waals surface area contributed by atoms with Crippen LogP contribution in [0.15, 0.2) is 18.7 Å². The Morgan fingerprint density at radius 3 is 3.00 bits per heavy atom. The lowest BCUT2D eigenvalue weighted by Gasteiger charge is -2.27. The first-order valence-electron chi connectivity index (χ1n) is 7.62. The average Bonchev–Trinajstić information content (AvgIpc) is 3.07. The van der Waals surface area contributed by atoms with Crippen LogP contribution in [0.5, 0.6) is 0 Å². The van der Waals surface area contributed by atoms with Crippen molar-refractivity contribution in [2.24, 2.45) is 5.92 Å². The van der Waals surface area contributed by atoms with Crippen LogP contribution in [0.25, 0.3) is 0 Å². The molecule has 1 unspecified atom stereocenters. The summed E-state index contributed by atoms with van der Waals surface area (Å²) in [5.41, 5.74) is 0. The molecule has 5 nitrogen and oxygen atoms in total. The lowest BCUT2D eigenvalue weighted by atomic mass is 10.1. The molecule has 20 heavy (non-hydrogen) atoms. The van der Waals surface area contributed by atoms with E-state index in [4.69, 9.17) is 0 Å². The van der Waals surface area contributed by atoms with Crippen LogP contribution in [0, 0.1) is 5.92 Å². The second kappa shape index (κ2) is 7.43. The molecule has 0 saturated carbocycles. The normalized spacial score (nSPS) is 18.6. The van der Waals surface area contributed by atoms with Crippen molar-refractivity contribution in [2.75, 3.05) is 19.6 Å². The molecule has 0 spiro atoms. The molecule has 2 rings (SSSR count). The third kappa shape index (κ3) is 4.63. The third-order valence-electron chi connectivity index (χ3n) is 3.68. The molecule has 1 amide bonds. The Hall–Kier alpha value is -1.36. The summed E-state index contributed by atoms with van der Waals surface area (Å²) in [5, 5.41) is 3.48. The summed E-state index contributed by atoms with van der Waals surface area (Å²) in [4.78, 5) is 18.5. The Bertz CT molecular complexity index is 396. The maximum atomic E-state index is 12.4. The fourth-order valence-electron chi connectivity index (χ4n) is 2.70. The molecular weight excluding hydrogens is 252 g/mol. The van der Waals surface area contributed by atoms with Gasteiger partial charge < -0.3 is 14.8 Å². The zero-order valence-corrected chi connectivity index (χ0v) is 12.6. The quantitative estimate of drug-likeness (QED) is 0.822. The van der Waals surface area contributed by atoms with E-state index in [-0.39, 0.29) is 5.91 Å². The van der Waals surface area contributed by atoms with Gasteiger partial charge in [0.05, 0.1) is 6.33 Å². The molecule has 112 valence electrons. The van der Waals surface area contributed by atoms with E-state index in [1.807, 2.05) is 15.7 Å². The van der Waals surface area contributed by atoms with Gasteiger partial charge in [-0.1, -0.05) is 13.8 Å². The predicted octanol–water partition coefficient (Wildman–Crippen LogP) is 1.51. The third-order valence-corrected chi connectivity index (χ3v) is 3.68. The van der Waals surface area contributed by atoms with Crippen LogP contribution in [0.2, 0.25) is 0 Å². The molecule has 0 aliphatic carbocycles. The summed E-state index contributed by atoms with van der Waals surface area (Å²) >= 11 is 0. The molecule has 0 bridgehead atoms. The summed E-state index contributed by atoms with van der Waals surface area (Å²) < 4.78 is 1.96. The van der Waals surface area contributed by atoms with Gasteiger partial charge in [-0.15, -0.1) is 0 Å². The van der Waals surface area contributed by atoms with Crippen LogP contribution >= 0.6 is 0 Å². The molecule has 1 saturated heterocycles. The van der Waals surface area contributed by atoms with Crippen LogP contribution in [-0.2, 0) is 11.3 Å². The Balaban J connectivity index is 1.85. The molecule has 1 aliphatic rings. The summed E-state index contributed by atoms with van der Waals surface area (Å²) in [6.07, 6.45) is 8.37. The summed E-state index contributed by atoms with van der Waals surface area (Å²) in [5.74, 6) is 0.759. The van der Waals surface area contributed by atoms with E-state index in [1.54, 1.807) is 12.5 Å². The Morgan fingerprint density at radius 1 is 1.55 bits per heavy atom. The van der Waals surface area contributed by atoms with Gasteiger partial charge >= 0.3 is 0 Å². The van der Waals surface area contributed by atoms with E-state index in [0.29, 0.717) is 24.9 Å². The Labute approximate surface area is 121 Å². The zero-order valence-electron chi connectivity index (χ0n) is 12.6. The molecule has 2 heterocycles. The van der Waals surface area contributed by atoms with E-state index < -0.39 is 0 Å². The number of carbonyl (C=O) groups is 1. The van der Waals surface area contributed by atoms with E-state index in [0.717, 1.165) is 19.6 Å². The van der Waals surface area contributed by atoms with Gasteiger partial charge in [-0.25, -0.2) is 4.98 Å². The molecule has 1 fully saturated rings. The lowest BCUT2D eigenvalue weighted by Crippen LogP contribution is -2.43. The number of hydrogen-bond acceptors (Lipinski definition) is 3. The molecule has 5 heteroatoms. The minimum absolute atomic E-state index is 0.251. The van der Waals surface area contributed by atoms with E-state index in [1.165, 1.54) is 12.8 Å². The van der Waals surface area contributed by atoms with E-state index >= 15 is 0 Å². The molecule has 1 atom stereocenters. The van der Waals surface area contributed by atoms with Crippen LogP contribution < -0.4 is 5.32 Å². The number of hydrogen-bond donors (Lipinski definition) is 1. The summed E-state index contributed by atoms with van der Waals surface area (Å²) in [6.45, 7) is 7.83. The first-order chi connectivity index (χ1) is 9.65. The maximum Gasteiger partial charge on any atom is 0.224 e. The number of aromatic nitrogens is 2. The van der Waals surface area contributed by atoms with E-state index in [2.05, 4.69) is 24.1 Å². The number of nitrogens with zero attached hydrogens (tertiary/aromatic N) is 3. The molecule has 1 N–H and O–H groups in total. The minimum Gasteiger partial charge on any atom is -0.341 e. The van der Waals surface area contributed by atoms with Crippen LogP contribution in [0.3, 0.4) is 0 Å². The number of rotatable bonds is 7. The largest absolute Gasteiger partial charge is 0.341 e. The van der Waals surface area contributed by atoms with Gasteiger partial charge in [-0.2, -0.15) is 0 Å². The number of amides is 1. The smallest absolute Gasteiger partial charge is 0.224 e. The van der Waals surface area contributed by atoms with Crippen molar-refractivity contribution in [3.8, 4) is 0 Å². The monoisotopic (exact) mass is 278 g/mol. The predicted molar refractivity (Wildman–Crippen MR) is 79.3 cm³/mol. The molecule has 0 radical (unpaired) electrons. The molecule has 1 aromatic rings. The van der Waals surface area contributed by atoms with Gasteiger partial charge in [-0.05, 0) is 25.3 Å². The number of aryl methyl sites for hydroxylation is 1. The first kappa shape index (κ1) is 15.0.